The normalized spacial score (nSPS) is 12.0. The van der Waals surface area contributed by atoms with E-state index in [-0.39, 0.29) is 17.8 Å². The van der Waals surface area contributed by atoms with Gasteiger partial charge in [0.1, 0.15) is 11.6 Å². The van der Waals surface area contributed by atoms with Crippen molar-refractivity contribution < 1.29 is 9.53 Å². The second-order valence-electron chi connectivity index (χ2n) is 3.31. The van der Waals surface area contributed by atoms with E-state index in [9.17, 15) is 4.79 Å². The van der Waals surface area contributed by atoms with E-state index >= 15 is 0 Å². The fourth-order valence-corrected chi connectivity index (χ4v) is 2.12. The maximum atomic E-state index is 11.1. The lowest BCUT2D eigenvalue weighted by Crippen LogP contribution is -2.27. The summed E-state index contributed by atoms with van der Waals surface area (Å²) in [5.74, 6) is 0.557. The van der Waals surface area contributed by atoms with Gasteiger partial charge in [0, 0.05) is 4.47 Å². The van der Waals surface area contributed by atoms with Gasteiger partial charge in [-0.2, -0.15) is 0 Å². The van der Waals surface area contributed by atoms with Crippen LogP contribution in [0.2, 0.25) is 0 Å². The molecule has 88 valence electrons. The van der Waals surface area contributed by atoms with E-state index < -0.39 is 0 Å². The van der Waals surface area contributed by atoms with Gasteiger partial charge in [0.15, 0.2) is 0 Å². The summed E-state index contributed by atoms with van der Waals surface area (Å²) in [4.78, 5) is 11.1. The van der Waals surface area contributed by atoms with Crippen molar-refractivity contribution in [2.45, 2.75) is 13.0 Å². The number of methoxy groups -OCH3 is 1. The standard InChI is InChI=1S/C11H13BrClNO2/c1-7(14-11(15)6-13)9-4-3-8(16-2)5-10(9)12/h3-5,7H,6H2,1-2H3,(H,14,15)/t7-/m1/s1. The number of alkyl halides is 1. The average Bonchev–Trinajstić information content (AvgIpc) is 2.28. The summed E-state index contributed by atoms with van der Waals surface area (Å²) in [6, 6.07) is 5.52. The molecule has 1 rings (SSSR count). The Morgan fingerprint density at radius 3 is 2.81 bits per heavy atom. The zero-order valence-electron chi connectivity index (χ0n) is 9.09. The zero-order valence-corrected chi connectivity index (χ0v) is 11.4. The maximum Gasteiger partial charge on any atom is 0.235 e. The minimum atomic E-state index is -0.183. The Hall–Kier alpha value is -0.740. The molecule has 3 nitrogen and oxygen atoms in total. The molecule has 0 aliphatic carbocycles. The SMILES string of the molecule is COc1ccc([C@@H](C)NC(=O)CCl)c(Br)c1. The molecule has 1 aromatic rings. The molecular weight excluding hydrogens is 293 g/mol. The van der Waals surface area contributed by atoms with Crippen molar-refractivity contribution in [3.8, 4) is 5.75 Å². The number of ether oxygens (including phenoxy) is 1. The monoisotopic (exact) mass is 305 g/mol. The molecule has 1 atom stereocenters. The van der Waals surface area contributed by atoms with E-state index in [0.717, 1.165) is 15.8 Å². The van der Waals surface area contributed by atoms with E-state index in [1.54, 1.807) is 7.11 Å². The number of amides is 1. The smallest absolute Gasteiger partial charge is 0.235 e. The highest BCUT2D eigenvalue weighted by atomic mass is 79.9. The number of hydrogen-bond donors (Lipinski definition) is 1. The van der Waals surface area contributed by atoms with Crippen molar-refractivity contribution in [3.63, 3.8) is 0 Å². The van der Waals surface area contributed by atoms with Crippen LogP contribution in [0.3, 0.4) is 0 Å². The Balaban J connectivity index is 2.83. The number of hydrogen-bond acceptors (Lipinski definition) is 2. The van der Waals surface area contributed by atoms with Crippen LogP contribution in [-0.4, -0.2) is 18.9 Å². The van der Waals surface area contributed by atoms with E-state index in [4.69, 9.17) is 16.3 Å². The van der Waals surface area contributed by atoms with E-state index in [1.807, 2.05) is 25.1 Å². The van der Waals surface area contributed by atoms with Gasteiger partial charge in [-0.15, -0.1) is 11.6 Å². The van der Waals surface area contributed by atoms with Crippen molar-refractivity contribution in [1.82, 2.24) is 5.32 Å². The second-order valence-corrected chi connectivity index (χ2v) is 4.43. The molecule has 0 radical (unpaired) electrons. The van der Waals surface area contributed by atoms with E-state index in [1.165, 1.54) is 0 Å². The van der Waals surface area contributed by atoms with Crippen molar-refractivity contribution >= 4 is 33.4 Å². The van der Waals surface area contributed by atoms with Crippen LogP contribution >= 0.6 is 27.5 Å². The molecule has 0 aliphatic heterocycles. The minimum Gasteiger partial charge on any atom is -0.497 e. The summed E-state index contributed by atoms with van der Waals surface area (Å²) in [6.45, 7) is 1.90. The van der Waals surface area contributed by atoms with Crippen molar-refractivity contribution in [1.29, 1.82) is 0 Å². The molecule has 5 heteroatoms. The summed E-state index contributed by atoms with van der Waals surface area (Å²) in [5.41, 5.74) is 0.985. The molecule has 0 heterocycles. The fraction of sp³-hybridized carbons (Fsp3) is 0.364. The molecular formula is C11H13BrClNO2. The Labute approximate surface area is 108 Å². The number of nitrogens with one attached hydrogen (secondary N) is 1. The molecule has 0 unspecified atom stereocenters. The maximum absolute atomic E-state index is 11.1. The highest BCUT2D eigenvalue weighted by Gasteiger charge is 2.12. The van der Waals surface area contributed by atoms with Crippen LogP contribution < -0.4 is 10.1 Å². The van der Waals surface area contributed by atoms with Gasteiger partial charge < -0.3 is 10.1 Å². The summed E-state index contributed by atoms with van der Waals surface area (Å²) >= 11 is 8.86. The highest BCUT2D eigenvalue weighted by molar-refractivity contribution is 9.10. The lowest BCUT2D eigenvalue weighted by molar-refractivity contribution is -0.119. The van der Waals surface area contributed by atoms with Crippen LogP contribution in [0.4, 0.5) is 0 Å². The third-order valence-electron chi connectivity index (χ3n) is 2.17. The van der Waals surface area contributed by atoms with Gasteiger partial charge in [0.05, 0.1) is 13.2 Å². The van der Waals surface area contributed by atoms with Crippen LogP contribution in [0.15, 0.2) is 22.7 Å². The van der Waals surface area contributed by atoms with Gasteiger partial charge in [-0.05, 0) is 24.6 Å². The van der Waals surface area contributed by atoms with Gasteiger partial charge in [-0.3, -0.25) is 4.79 Å². The highest BCUT2D eigenvalue weighted by Crippen LogP contribution is 2.27. The molecule has 16 heavy (non-hydrogen) atoms. The first-order valence-electron chi connectivity index (χ1n) is 4.77. The quantitative estimate of drug-likeness (QED) is 0.869. The van der Waals surface area contributed by atoms with Crippen LogP contribution in [0.25, 0.3) is 0 Å². The van der Waals surface area contributed by atoms with Crippen molar-refractivity contribution in [2.24, 2.45) is 0 Å². The lowest BCUT2D eigenvalue weighted by atomic mass is 10.1. The van der Waals surface area contributed by atoms with Crippen LogP contribution in [0, 0.1) is 0 Å². The fourth-order valence-electron chi connectivity index (χ4n) is 1.34. The Kier molecular flexibility index (Phi) is 5.09. The van der Waals surface area contributed by atoms with Crippen LogP contribution in [0.5, 0.6) is 5.75 Å². The third-order valence-corrected chi connectivity index (χ3v) is 3.10. The molecule has 0 bridgehead atoms. The number of halogens is 2. The average molecular weight is 307 g/mol. The minimum absolute atomic E-state index is 0.0296. The Morgan fingerprint density at radius 1 is 1.62 bits per heavy atom. The molecule has 1 N–H and O–H groups in total. The summed E-state index contributed by atoms with van der Waals surface area (Å²) < 4.78 is 5.99. The molecule has 0 aliphatic rings. The zero-order chi connectivity index (χ0) is 12.1. The third kappa shape index (κ3) is 3.39. The molecule has 1 aromatic carbocycles. The number of carbonyl (C=O) groups is 1. The van der Waals surface area contributed by atoms with Crippen molar-refractivity contribution in [2.75, 3.05) is 13.0 Å². The number of rotatable bonds is 4. The predicted molar refractivity (Wildman–Crippen MR) is 68.0 cm³/mol. The molecule has 1 amide bonds. The summed E-state index contributed by atoms with van der Waals surface area (Å²) in [5, 5.41) is 2.78. The van der Waals surface area contributed by atoms with Gasteiger partial charge >= 0.3 is 0 Å². The second kappa shape index (κ2) is 6.11. The van der Waals surface area contributed by atoms with Crippen LogP contribution in [-0.2, 0) is 4.79 Å². The van der Waals surface area contributed by atoms with E-state index in [2.05, 4.69) is 21.2 Å². The van der Waals surface area contributed by atoms with Gasteiger partial charge in [-0.25, -0.2) is 0 Å². The molecule has 0 spiro atoms. The van der Waals surface area contributed by atoms with Crippen molar-refractivity contribution in [3.05, 3.63) is 28.2 Å². The summed E-state index contributed by atoms with van der Waals surface area (Å²) in [7, 11) is 1.61. The van der Waals surface area contributed by atoms with Crippen LogP contribution in [0.1, 0.15) is 18.5 Å². The van der Waals surface area contributed by atoms with Gasteiger partial charge in [0.25, 0.3) is 0 Å². The first-order valence-corrected chi connectivity index (χ1v) is 6.10. The topological polar surface area (TPSA) is 38.3 Å². The first-order chi connectivity index (χ1) is 7.58. The first kappa shape index (κ1) is 13.3. The van der Waals surface area contributed by atoms with E-state index in [0.29, 0.717) is 0 Å². The molecule has 0 saturated carbocycles. The van der Waals surface area contributed by atoms with Gasteiger partial charge in [0.2, 0.25) is 5.91 Å². The number of benzene rings is 1. The molecule has 0 aromatic heterocycles. The largest absolute Gasteiger partial charge is 0.497 e. The Morgan fingerprint density at radius 2 is 2.31 bits per heavy atom. The number of carbonyl (C=O) groups excluding carboxylic acids is 1. The molecule has 0 fully saturated rings. The Bertz CT molecular complexity index is 384. The predicted octanol–water partition coefficient (Wildman–Crippen LogP) is 2.87. The van der Waals surface area contributed by atoms with Gasteiger partial charge in [-0.1, -0.05) is 22.0 Å². The lowest BCUT2D eigenvalue weighted by Gasteiger charge is -2.15. The molecule has 0 saturated heterocycles. The summed E-state index contributed by atoms with van der Waals surface area (Å²) in [6.07, 6.45) is 0.